The number of amides is 1. The van der Waals surface area contributed by atoms with E-state index in [-0.39, 0.29) is 18.3 Å². The zero-order valence-electron chi connectivity index (χ0n) is 8.68. The normalized spacial score (nSPS) is 12.9. The van der Waals surface area contributed by atoms with Gasteiger partial charge in [0.1, 0.15) is 0 Å². The van der Waals surface area contributed by atoms with Crippen LogP contribution >= 0.6 is 24.0 Å². The fourth-order valence-corrected chi connectivity index (χ4v) is 1.98. The molecule has 4 nitrogen and oxygen atoms in total. The van der Waals surface area contributed by atoms with E-state index >= 15 is 0 Å². The summed E-state index contributed by atoms with van der Waals surface area (Å²) >= 11 is 5.89. The maximum Gasteiger partial charge on any atom is 0.291 e. The van der Waals surface area contributed by atoms with E-state index in [1.54, 1.807) is 18.5 Å². The third kappa shape index (κ3) is 2.01. The van der Waals surface area contributed by atoms with Gasteiger partial charge in [0.15, 0.2) is 5.82 Å². The van der Waals surface area contributed by atoms with Crippen LogP contribution in [-0.4, -0.2) is 15.5 Å². The van der Waals surface area contributed by atoms with Crippen LogP contribution in [0.1, 0.15) is 16.2 Å². The first-order valence-electron chi connectivity index (χ1n) is 4.85. The Kier molecular flexibility index (Phi) is 3.09. The summed E-state index contributed by atoms with van der Waals surface area (Å²) in [5.74, 6) is 0.221. The molecule has 1 aromatic carbocycles. The van der Waals surface area contributed by atoms with E-state index in [4.69, 9.17) is 11.6 Å². The average molecular weight is 270 g/mol. The van der Waals surface area contributed by atoms with Gasteiger partial charge in [-0.15, -0.1) is 12.4 Å². The molecule has 6 heteroatoms. The number of hydrogen-bond donors (Lipinski definition) is 1. The van der Waals surface area contributed by atoms with Gasteiger partial charge in [0, 0.05) is 23.1 Å². The first-order chi connectivity index (χ1) is 7.74. The molecule has 1 aliphatic rings. The summed E-state index contributed by atoms with van der Waals surface area (Å²) in [6, 6.07) is 5.47. The number of nitrogens with one attached hydrogen (secondary N) is 1. The lowest BCUT2D eigenvalue weighted by Crippen LogP contribution is -2.14. The van der Waals surface area contributed by atoms with Crippen LogP contribution in [-0.2, 0) is 6.54 Å². The van der Waals surface area contributed by atoms with Crippen molar-refractivity contribution >= 4 is 35.6 Å². The Hall–Kier alpha value is -1.52. The number of nitrogens with zero attached hydrogens (tertiary/aromatic N) is 2. The van der Waals surface area contributed by atoms with Crippen LogP contribution in [0.2, 0.25) is 5.02 Å². The molecule has 0 aliphatic carbocycles. The molecule has 0 radical (unpaired) electrons. The Morgan fingerprint density at radius 3 is 3.06 bits per heavy atom. The zero-order chi connectivity index (χ0) is 11.1. The van der Waals surface area contributed by atoms with Gasteiger partial charge in [0.2, 0.25) is 0 Å². The highest BCUT2D eigenvalue weighted by Gasteiger charge is 2.19. The summed E-state index contributed by atoms with van der Waals surface area (Å²) in [5.41, 5.74) is 1.78. The van der Waals surface area contributed by atoms with Gasteiger partial charge in [-0.2, -0.15) is 0 Å². The van der Waals surface area contributed by atoms with Gasteiger partial charge in [-0.3, -0.25) is 4.79 Å². The van der Waals surface area contributed by atoms with Crippen LogP contribution in [0.25, 0.3) is 0 Å². The van der Waals surface area contributed by atoms with E-state index in [2.05, 4.69) is 10.3 Å². The Morgan fingerprint density at radius 2 is 2.24 bits per heavy atom. The lowest BCUT2D eigenvalue weighted by atomic mass is 10.2. The predicted molar refractivity (Wildman–Crippen MR) is 68.0 cm³/mol. The van der Waals surface area contributed by atoms with Crippen LogP contribution in [0.3, 0.4) is 0 Å². The quantitative estimate of drug-likeness (QED) is 0.799. The lowest BCUT2D eigenvalue weighted by Gasteiger charge is -2.06. The number of carbonyl (C=O) groups is 1. The van der Waals surface area contributed by atoms with E-state index in [0.717, 1.165) is 11.3 Å². The molecule has 0 saturated heterocycles. The van der Waals surface area contributed by atoms with Gasteiger partial charge < -0.3 is 9.88 Å². The molecule has 0 atom stereocenters. The van der Waals surface area contributed by atoms with Crippen LogP contribution in [0.15, 0.2) is 30.6 Å². The van der Waals surface area contributed by atoms with E-state index < -0.39 is 0 Å². The number of imidazole rings is 1. The van der Waals surface area contributed by atoms with Crippen molar-refractivity contribution in [3.05, 3.63) is 47.0 Å². The number of rotatable bonds is 0. The standard InChI is InChI=1S/C11H8ClN3O.ClH/c12-8-2-1-7-6-15-4-3-13-10(15)11(16)14-9(7)5-8;/h1-5H,6H2,(H,14,16);1H. The van der Waals surface area contributed by atoms with Crippen molar-refractivity contribution in [2.45, 2.75) is 6.54 Å². The third-order valence-electron chi connectivity index (χ3n) is 2.58. The average Bonchev–Trinajstić information content (AvgIpc) is 2.65. The predicted octanol–water partition coefficient (Wildman–Crippen LogP) is 2.57. The highest BCUT2D eigenvalue weighted by molar-refractivity contribution is 6.31. The largest absolute Gasteiger partial charge is 0.322 e. The molecule has 0 fully saturated rings. The molecule has 0 bridgehead atoms. The van der Waals surface area contributed by atoms with E-state index in [1.807, 2.05) is 16.7 Å². The van der Waals surface area contributed by atoms with Crippen LogP contribution in [0.4, 0.5) is 5.69 Å². The topological polar surface area (TPSA) is 46.9 Å². The monoisotopic (exact) mass is 269 g/mol. The van der Waals surface area contributed by atoms with Crippen molar-refractivity contribution in [2.24, 2.45) is 0 Å². The summed E-state index contributed by atoms with van der Waals surface area (Å²) in [7, 11) is 0. The molecule has 3 rings (SSSR count). The molecule has 0 spiro atoms. The molecule has 17 heavy (non-hydrogen) atoms. The van der Waals surface area contributed by atoms with Gasteiger partial charge in [0.05, 0.1) is 6.54 Å². The number of anilines is 1. The van der Waals surface area contributed by atoms with Crippen molar-refractivity contribution in [2.75, 3.05) is 5.32 Å². The lowest BCUT2D eigenvalue weighted by molar-refractivity contribution is 0.101. The number of fused-ring (bicyclic) bond motifs is 2. The third-order valence-corrected chi connectivity index (χ3v) is 2.81. The van der Waals surface area contributed by atoms with Gasteiger partial charge in [-0.1, -0.05) is 17.7 Å². The van der Waals surface area contributed by atoms with Gasteiger partial charge in [0.25, 0.3) is 5.91 Å². The molecule has 0 unspecified atom stereocenters. The first kappa shape index (κ1) is 12.0. The number of aromatic nitrogens is 2. The van der Waals surface area contributed by atoms with Crippen LogP contribution in [0.5, 0.6) is 0 Å². The Bertz CT molecular complexity index is 580. The number of carbonyl (C=O) groups excluding carboxylic acids is 1. The molecule has 1 amide bonds. The maximum atomic E-state index is 11.8. The number of hydrogen-bond acceptors (Lipinski definition) is 2. The fraction of sp³-hybridized carbons (Fsp3) is 0.0909. The molecule has 2 heterocycles. The maximum absolute atomic E-state index is 11.8. The zero-order valence-corrected chi connectivity index (χ0v) is 10.3. The van der Waals surface area contributed by atoms with Crippen LogP contribution in [0, 0.1) is 0 Å². The molecular formula is C11H9Cl2N3O. The summed E-state index contributed by atoms with van der Waals surface area (Å²) < 4.78 is 1.81. The van der Waals surface area contributed by atoms with Crippen molar-refractivity contribution in [3.8, 4) is 0 Å². The molecule has 0 saturated carbocycles. The van der Waals surface area contributed by atoms with E-state index in [1.165, 1.54) is 0 Å². The fourth-order valence-electron chi connectivity index (χ4n) is 1.81. The Morgan fingerprint density at radius 1 is 1.41 bits per heavy atom. The minimum atomic E-state index is -0.203. The highest BCUT2D eigenvalue weighted by Crippen LogP contribution is 2.25. The Labute approximate surface area is 109 Å². The molecule has 88 valence electrons. The second-order valence-electron chi connectivity index (χ2n) is 3.63. The van der Waals surface area contributed by atoms with Gasteiger partial charge in [-0.05, 0) is 17.7 Å². The minimum Gasteiger partial charge on any atom is -0.322 e. The van der Waals surface area contributed by atoms with Crippen molar-refractivity contribution in [3.63, 3.8) is 0 Å². The minimum absolute atomic E-state index is 0. The Balaban J connectivity index is 0.00000108. The summed E-state index contributed by atoms with van der Waals surface area (Å²) in [5, 5.41) is 3.41. The van der Waals surface area contributed by atoms with Crippen molar-refractivity contribution < 1.29 is 4.79 Å². The van der Waals surface area contributed by atoms with E-state index in [0.29, 0.717) is 17.4 Å². The molecular weight excluding hydrogens is 261 g/mol. The molecule has 1 aliphatic heterocycles. The first-order valence-corrected chi connectivity index (χ1v) is 5.23. The SMILES string of the molecule is Cl.O=C1Nc2cc(Cl)ccc2Cn2ccnc21. The molecule has 2 aromatic rings. The van der Waals surface area contributed by atoms with E-state index in [9.17, 15) is 4.79 Å². The van der Waals surface area contributed by atoms with Gasteiger partial charge in [-0.25, -0.2) is 4.98 Å². The summed E-state index contributed by atoms with van der Waals surface area (Å²) in [6.45, 7) is 0.626. The molecule has 1 N–H and O–H groups in total. The number of halogens is 2. The van der Waals surface area contributed by atoms with Crippen molar-refractivity contribution in [1.29, 1.82) is 0 Å². The molecule has 1 aromatic heterocycles. The smallest absolute Gasteiger partial charge is 0.291 e. The summed E-state index contributed by atoms with van der Waals surface area (Å²) in [6.07, 6.45) is 3.41. The van der Waals surface area contributed by atoms with Gasteiger partial charge >= 0.3 is 0 Å². The van der Waals surface area contributed by atoms with Crippen LogP contribution < -0.4 is 5.32 Å². The highest BCUT2D eigenvalue weighted by atomic mass is 35.5. The second kappa shape index (κ2) is 4.39. The number of benzene rings is 1. The summed E-state index contributed by atoms with van der Waals surface area (Å²) in [4.78, 5) is 15.8. The van der Waals surface area contributed by atoms with Crippen molar-refractivity contribution in [1.82, 2.24) is 9.55 Å². The second-order valence-corrected chi connectivity index (χ2v) is 4.07.